The van der Waals surface area contributed by atoms with E-state index in [0.29, 0.717) is 17.1 Å². The second kappa shape index (κ2) is 6.41. The molecule has 0 bridgehead atoms. The Morgan fingerprint density at radius 2 is 1.96 bits per heavy atom. The van der Waals surface area contributed by atoms with Crippen LogP contribution in [0.15, 0.2) is 79.2 Å². The van der Waals surface area contributed by atoms with Crippen LogP contribution < -0.4 is 5.32 Å². The van der Waals surface area contributed by atoms with Gasteiger partial charge in [0.2, 0.25) is 5.76 Å². The summed E-state index contributed by atoms with van der Waals surface area (Å²) < 4.78 is 20.7. The minimum Gasteiger partial charge on any atom is -0.472 e. The van der Waals surface area contributed by atoms with E-state index in [2.05, 4.69) is 10.5 Å². The van der Waals surface area contributed by atoms with Gasteiger partial charge in [-0.1, -0.05) is 5.16 Å². The zero-order valence-electron chi connectivity index (χ0n) is 13.4. The third-order valence-corrected chi connectivity index (χ3v) is 3.94. The van der Waals surface area contributed by atoms with Gasteiger partial charge in [0.25, 0.3) is 5.91 Å². The highest BCUT2D eigenvalue weighted by atomic mass is 16.5. The molecule has 26 heavy (non-hydrogen) atoms. The molecule has 132 valence electrons. The maximum Gasteiger partial charge on any atom is 0.273 e. The predicted octanol–water partition coefficient (Wildman–Crippen LogP) is 2.79. The summed E-state index contributed by atoms with van der Waals surface area (Å²) in [5, 5.41) is 17.4. The molecular weight excluding hydrogens is 340 g/mol. The molecule has 0 saturated carbocycles. The Balaban J connectivity index is 1.52. The van der Waals surface area contributed by atoms with Crippen LogP contribution in [-0.2, 0) is 5.60 Å². The first-order valence-corrected chi connectivity index (χ1v) is 7.74. The molecule has 0 unspecified atom stereocenters. The van der Waals surface area contributed by atoms with Crippen molar-refractivity contribution in [3.8, 4) is 11.5 Å². The summed E-state index contributed by atoms with van der Waals surface area (Å²) in [6, 6.07) is 9.71. The van der Waals surface area contributed by atoms with Crippen LogP contribution in [0.25, 0.3) is 11.5 Å². The monoisotopic (exact) mass is 354 g/mol. The van der Waals surface area contributed by atoms with Crippen LogP contribution in [0.5, 0.6) is 0 Å². The lowest BCUT2D eigenvalue weighted by atomic mass is 9.93. The van der Waals surface area contributed by atoms with E-state index in [1.165, 1.54) is 31.1 Å². The van der Waals surface area contributed by atoms with Crippen molar-refractivity contribution in [1.29, 1.82) is 0 Å². The Hall–Kier alpha value is -3.52. The first kappa shape index (κ1) is 16.0. The van der Waals surface area contributed by atoms with Crippen molar-refractivity contribution in [2.45, 2.75) is 5.60 Å². The molecule has 4 rings (SSSR count). The number of amides is 1. The van der Waals surface area contributed by atoms with Crippen LogP contribution in [0.1, 0.15) is 21.8 Å². The highest BCUT2D eigenvalue weighted by Gasteiger charge is 2.36. The summed E-state index contributed by atoms with van der Waals surface area (Å²) in [6.07, 6.45) is 5.75. The molecule has 0 aliphatic rings. The van der Waals surface area contributed by atoms with E-state index < -0.39 is 11.5 Å². The van der Waals surface area contributed by atoms with Crippen molar-refractivity contribution in [3.63, 3.8) is 0 Å². The maximum absolute atomic E-state index is 12.4. The summed E-state index contributed by atoms with van der Waals surface area (Å²) in [6.45, 7) is -0.151. The van der Waals surface area contributed by atoms with Crippen molar-refractivity contribution in [2.75, 3.05) is 6.54 Å². The van der Waals surface area contributed by atoms with Gasteiger partial charge in [-0.3, -0.25) is 4.79 Å². The number of aliphatic hydroxyl groups is 1. The summed E-state index contributed by atoms with van der Waals surface area (Å²) in [4.78, 5) is 12.4. The zero-order chi connectivity index (χ0) is 18.0. The number of nitrogens with zero attached hydrogens (tertiary/aromatic N) is 1. The van der Waals surface area contributed by atoms with Crippen molar-refractivity contribution < 1.29 is 27.7 Å². The molecule has 0 spiro atoms. The zero-order valence-corrected chi connectivity index (χ0v) is 13.4. The average molecular weight is 354 g/mol. The largest absolute Gasteiger partial charge is 0.472 e. The smallest absolute Gasteiger partial charge is 0.273 e. The van der Waals surface area contributed by atoms with E-state index in [-0.39, 0.29) is 18.0 Å². The fourth-order valence-electron chi connectivity index (χ4n) is 2.56. The fourth-order valence-corrected chi connectivity index (χ4v) is 2.56. The minimum atomic E-state index is -1.58. The van der Waals surface area contributed by atoms with E-state index in [1.54, 1.807) is 30.3 Å². The fraction of sp³-hybridized carbons (Fsp3) is 0.111. The van der Waals surface area contributed by atoms with Crippen LogP contribution in [0.4, 0.5) is 0 Å². The second-order valence-corrected chi connectivity index (χ2v) is 5.59. The van der Waals surface area contributed by atoms with Crippen molar-refractivity contribution in [2.24, 2.45) is 0 Å². The van der Waals surface area contributed by atoms with Crippen LogP contribution in [0.2, 0.25) is 0 Å². The number of aromatic nitrogens is 1. The van der Waals surface area contributed by atoms with E-state index in [1.807, 2.05) is 0 Å². The summed E-state index contributed by atoms with van der Waals surface area (Å²) >= 11 is 0. The lowest BCUT2D eigenvalue weighted by Gasteiger charge is -2.24. The van der Waals surface area contributed by atoms with Crippen molar-refractivity contribution in [1.82, 2.24) is 10.5 Å². The van der Waals surface area contributed by atoms with Gasteiger partial charge in [0, 0.05) is 11.6 Å². The summed E-state index contributed by atoms with van der Waals surface area (Å²) in [5.74, 6) is 0.550. The molecule has 4 aromatic heterocycles. The highest BCUT2D eigenvalue weighted by molar-refractivity contribution is 5.93. The van der Waals surface area contributed by atoms with Crippen LogP contribution in [0.3, 0.4) is 0 Å². The maximum atomic E-state index is 12.4. The lowest BCUT2D eigenvalue weighted by Crippen LogP contribution is -2.41. The third-order valence-electron chi connectivity index (χ3n) is 3.94. The number of furan rings is 3. The number of hydrogen-bond acceptors (Lipinski definition) is 7. The standard InChI is InChI=1S/C18H14N2O6/c21-17(13-9-15(26-20-13)14-3-1-6-24-14)19-11-18(22,12-5-8-23-10-12)16-4-2-7-25-16/h1-10,22H,11H2,(H,19,21)/t18-/m1/s1. The quantitative estimate of drug-likeness (QED) is 0.547. The Labute approximate surface area is 147 Å². The van der Waals surface area contributed by atoms with Crippen molar-refractivity contribution in [3.05, 3.63) is 78.5 Å². The molecule has 4 heterocycles. The van der Waals surface area contributed by atoms with E-state index >= 15 is 0 Å². The number of hydrogen-bond donors (Lipinski definition) is 2. The van der Waals surface area contributed by atoms with Gasteiger partial charge >= 0.3 is 0 Å². The molecular formula is C18H14N2O6. The summed E-state index contributed by atoms with van der Waals surface area (Å²) in [5.41, 5.74) is -1.07. The molecule has 8 heteroatoms. The first-order valence-electron chi connectivity index (χ1n) is 7.74. The van der Waals surface area contributed by atoms with Crippen LogP contribution >= 0.6 is 0 Å². The Kier molecular flexibility index (Phi) is 3.94. The van der Waals surface area contributed by atoms with Gasteiger partial charge < -0.3 is 28.2 Å². The molecule has 1 atom stereocenters. The van der Waals surface area contributed by atoms with Gasteiger partial charge in [0.05, 0.1) is 31.6 Å². The normalized spacial score (nSPS) is 13.4. The van der Waals surface area contributed by atoms with E-state index in [0.717, 1.165) is 0 Å². The number of carbonyl (C=O) groups excluding carboxylic acids is 1. The molecule has 0 radical (unpaired) electrons. The number of nitrogens with one attached hydrogen (secondary N) is 1. The van der Waals surface area contributed by atoms with Crippen molar-refractivity contribution >= 4 is 5.91 Å². The predicted molar refractivity (Wildman–Crippen MR) is 87.0 cm³/mol. The first-order chi connectivity index (χ1) is 12.7. The van der Waals surface area contributed by atoms with Crippen LogP contribution in [0, 0.1) is 0 Å². The topological polar surface area (TPSA) is 115 Å². The molecule has 0 saturated heterocycles. The number of rotatable bonds is 6. The molecule has 1 amide bonds. The molecule has 0 aliphatic carbocycles. The van der Waals surface area contributed by atoms with Gasteiger partial charge in [0.1, 0.15) is 5.76 Å². The third kappa shape index (κ3) is 2.82. The van der Waals surface area contributed by atoms with Gasteiger partial charge in [-0.15, -0.1) is 0 Å². The molecule has 4 aromatic rings. The highest BCUT2D eigenvalue weighted by Crippen LogP contribution is 2.30. The molecule has 0 aliphatic heterocycles. The Morgan fingerprint density at radius 3 is 2.65 bits per heavy atom. The molecule has 0 aromatic carbocycles. The number of carbonyl (C=O) groups is 1. The van der Waals surface area contributed by atoms with E-state index in [9.17, 15) is 9.90 Å². The SMILES string of the molecule is O=C(NC[C@@](O)(c1ccoc1)c1ccco1)c1cc(-c2ccco2)on1. The molecule has 2 N–H and O–H groups in total. The summed E-state index contributed by atoms with van der Waals surface area (Å²) in [7, 11) is 0. The molecule has 0 fully saturated rings. The Bertz CT molecular complexity index is 933. The van der Waals surface area contributed by atoms with Gasteiger partial charge in [-0.05, 0) is 30.3 Å². The van der Waals surface area contributed by atoms with E-state index in [4.69, 9.17) is 17.8 Å². The van der Waals surface area contributed by atoms with Gasteiger partial charge in [0.15, 0.2) is 17.1 Å². The second-order valence-electron chi connectivity index (χ2n) is 5.59. The average Bonchev–Trinajstić information content (AvgIpc) is 3.45. The lowest BCUT2D eigenvalue weighted by molar-refractivity contribution is 0.0518. The Morgan fingerprint density at radius 1 is 1.12 bits per heavy atom. The van der Waals surface area contributed by atoms with Gasteiger partial charge in [-0.2, -0.15) is 0 Å². The van der Waals surface area contributed by atoms with Gasteiger partial charge in [-0.25, -0.2) is 0 Å². The minimum absolute atomic E-state index is 0.0605. The molecule has 8 nitrogen and oxygen atoms in total. The van der Waals surface area contributed by atoms with Crippen LogP contribution in [-0.4, -0.2) is 22.7 Å².